The molecule has 0 N–H and O–H groups in total. The summed E-state index contributed by atoms with van der Waals surface area (Å²) in [6.07, 6.45) is 2.74. The minimum absolute atomic E-state index is 0.0305. The zero-order valence-corrected chi connectivity index (χ0v) is 19.4. The molecular weight excluding hydrogens is 416 g/mol. The number of hydrogen-bond acceptors (Lipinski definition) is 7. The van der Waals surface area contributed by atoms with Crippen molar-refractivity contribution in [3.63, 3.8) is 0 Å². The average Bonchev–Trinajstić information content (AvgIpc) is 3.16. The summed E-state index contributed by atoms with van der Waals surface area (Å²) in [4.78, 5) is 30.4. The van der Waals surface area contributed by atoms with Gasteiger partial charge in [-0.15, -0.1) is 0 Å². The topological polar surface area (TPSA) is 86.0 Å². The van der Waals surface area contributed by atoms with Crippen molar-refractivity contribution in [1.82, 2.24) is 9.55 Å². The van der Waals surface area contributed by atoms with Gasteiger partial charge in [-0.1, -0.05) is 20.8 Å². The fourth-order valence-electron chi connectivity index (χ4n) is 3.32. The number of methoxy groups -OCH3 is 2. The molecule has 31 heavy (non-hydrogen) atoms. The molecule has 0 aliphatic carbocycles. The van der Waals surface area contributed by atoms with Gasteiger partial charge in [-0.05, 0) is 42.8 Å². The van der Waals surface area contributed by atoms with Gasteiger partial charge in [-0.25, -0.2) is 4.98 Å². The van der Waals surface area contributed by atoms with Crippen LogP contribution in [-0.4, -0.2) is 40.6 Å². The van der Waals surface area contributed by atoms with Crippen LogP contribution < -0.4 is 14.5 Å². The number of carbonyl (C=O) groups excluding carboxylic acids is 2. The molecule has 0 saturated carbocycles. The fourth-order valence-corrected chi connectivity index (χ4v) is 4.39. The molecule has 1 aromatic heterocycles. The Kier molecular flexibility index (Phi) is 7.37. The van der Waals surface area contributed by atoms with Crippen LogP contribution in [0, 0.1) is 0 Å². The van der Waals surface area contributed by atoms with E-state index in [4.69, 9.17) is 9.47 Å². The van der Waals surface area contributed by atoms with Crippen LogP contribution in [0.5, 0.6) is 11.5 Å². The van der Waals surface area contributed by atoms with Gasteiger partial charge in [0.15, 0.2) is 17.3 Å². The van der Waals surface area contributed by atoms with E-state index in [0.29, 0.717) is 58.9 Å². The molecule has 1 aliphatic rings. The number of rotatable bonds is 8. The highest BCUT2D eigenvalue weighted by atomic mass is 32.2. The summed E-state index contributed by atoms with van der Waals surface area (Å²) in [6.45, 7) is 5.85. The number of hydrogen-bond donors (Lipinski definition) is 0. The lowest BCUT2D eigenvalue weighted by Gasteiger charge is -2.23. The van der Waals surface area contributed by atoms with Crippen molar-refractivity contribution in [3.8, 4) is 11.5 Å². The van der Waals surface area contributed by atoms with Gasteiger partial charge >= 0.3 is 0 Å². The first-order chi connectivity index (χ1) is 15.0. The maximum Gasteiger partial charge on any atom is 0.248 e. The molecule has 0 fully saturated rings. The summed E-state index contributed by atoms with van der Waals surface area (Å²) >= 11 is 1.34. The first-order valence-electron chi connectivity index (χ1n) is 10.5. The number of fused-ring (bicyclic) bond motifs is 1. The fraction of sp³-hybridized carbons (Fsp3) is 0.455. The second kappa shape index (κ2) is 10.00. The number of nitrogens with zero attached hydrogens (tertiary/aromatic N) is 4. The van der Waals surface area contributed by atoms with Crippen molar-refractivity contribution >= 4 is 34.4 Å². The summed E-state index contributed by atoms with van der Waals surface area (Å²) in [5, 5.41) is 7.17. The van der Waals surface area contributed by atoms with E-state index >= 15 is 0 Å². The van der Waals surface area contributed by atoms with E-state index < -0.39 is 0 Å². The SMILES string of the molecule is CCCC(=O)N1N=C(c2ccc(OC)c(OC)c2)Sc2c1nc(CC)n2C(=O)CCC. The summed E-state index contributed by atoms with van der Waals surface area (Å²) in [6, 6.07) is 5.46. The standard InChI is InChI=1S/C22H28N4O4S/c1-6-9-18(27)25-17(8-3)23-20-22(25)31-21(24-26(20)19(28)10-7-2)14-11-12-15(29-4)16(13-14)30-5/h11-13H,6-10H2,1-5H3. The predicted molar refractivity (Wildman–Crippen MR) is 121 cm³/mol. The van der Waals surface area contributed by atoms with Crippen LogP contribution in [0.3, 0.4) is 0 Å². The average molecular weight is 445 g/mol. The second-order valence-electron chi connectivity index (χ2n) is 7.02. The van der Waals surface area contributed by atoms with Crippen LogP contribution in [0.4, 0.5) is 5.82 Å². The lowest BCUT2D eigenvalue weighted by molar-refractivity contribution is -0.118. The maximum atomic E-state index is 12.9. The molecule has 1 amide bonds. The third-order valence-corrected chi connectivity index (χ3v) is 5.90. The molecule has 166 valence electrons. The molecule has 0 bridgehead atoms. The van der Waals surface area contributed by atoms with E-state index in [1.54, 1.807) is 24.9 Å². The number of anilines is 1. The number of carbonyl (C=O) groups is 2. The Labute approximate surface area is 186 Å². The van der Waals surface area contributed by atoms with Crippen molar-refractivity contribution in [3.05, 3.63) is 29.6 Å². The monoisotopic (exact) mass is 444 g/mol. The third-order valence-electron chi connectivity index (χ3n) is 4.83. The number of ether oxygens (including phenoxy) is 2. The van der Waals surface area contributed by atoms with Crippen molar-refractivity contribution < 1.29 is 19.1 Å². The van der Waals surface area contributed by atoms with Gasteiger partial charge in [0.2, 0.25) is 11.8 Å². The molecule has 0 unspecified atom stereocenters. The van der Waals surface area contributed by atoms with Crippen LogP contribution in [0.25, 0.3) is 0 Å². The van der Waals surface area contributed by atoms with Gasteiger partial charge in [0.25, 0.3) is 0 Å². The number of benzene rings is 1. The van der Waals surface area contributed by atoms with E-state index in [9.17, 15) is 9.59 Å². The molecule has 3 rings (SSSR count). The number of hydrazone groups is 1. The zero-order chi connectivity index (χ0) is 22.5. The van der Waals surface area contributed by atoms with Crippen LogP contribution >= 0.6 is 11.8 Å². The molecule has 0 atom stereocenters. The van der Waals surface area contributed by atoms with Crippen molar-refractivity contribution in [1.29, 1.82) is 0 Å². The van der Waals surface area contributed by atoms with Crippen LogP contribution in [0.1, 0.15) is 62.6 Å². The lowest BCUT2D eigenvalue weighted by Crippen LogP contribution is -2.30. The van der Waals surface area contributed by atoms with Crippen LogP contribution in [0.15, 0.2) is 28.3 Å². The normalized spacial score (nSPS) is 12.9. The van der Waals surface area contributed by atoms with Crippen LogP contribution in [0.2, 0.25) is 0 Å². The van der Waals surface area contributed by atoms with Gasteiger partial charge in [-0.2, -0.15) is 10.1 Å². The quantitative estimate of drug-likeness (QED) is 0.596. The first kappa shape index (κ1) is 22.9. The Morgan fingerprint density at radius 1 is 1.00 bits per heavy atom. The number of aromatic nitrogens is 2. The smallest absolute Gasteiger partial charge is 0.248 e. The van der Waals surface area contributed by atoms with Crippen molar-refractivity contribution in [2.75, 3.05) is 19.2 Å². The van der Waals surface area contributed by atoms with Crippen molar-refractivity contribution in [2.24, 2.45) is 5.10 Å². The molecule has 0 radical (unpaired) electrons. The first-order valence-corrected chi connectivity index (χ1v) is 11.3. The Morgan fingerprint density at radius 3 is 2.29 bits per heavy atom. The molecule has 9 heteroatoms. The Hall–Kier alpha value is -2.81. The van der Waals surface area contributed by atoms with Gasteiger partial charge in [0.05, 0.1) is 14.2 Å². The minimum Gasteiger partial charge on any atom is -0.493 e. The maximum absolute atomic E-state index is 12.9. The molecule has 2 heterocycles. The highest BCUT2D eigenvalue weighted by Crippen LogP contribution is 2.40. The van der Waals surface area contributed by atoms with Gasteiger partial charge in [0.1, 0.15) is 15.9 Å². The van der Waals surface area contributed by atoms with E-state index in [2.05, 4.69) is 10.1 Å². The van der Waals surface area contributed by atoms with E-state index in [1.165, 1.54) is 16.8 Å². The summed E-state index contributed by atoms with van der Waals surface area (Å²) in [7, 11) is 3.14. The number of aryl methyl sites for hydroxylation is 1. The third kappa shape index (κ3) is 4.46. The number of imidazole rings is 1. The van der Waals surface area contributed by atoms with Gasteiger partial charge in [0, 0.05) is 24.8 Å². The Bertz CT molecular complexity index is 1020. The molecule has 2 aromatic rings. The Morgan fingerprint density at radius 2 is 1.68 bits per heavy atom. The lowest BCUT2D eigenvalue weighted by atomic mass is 10.2. The molecule has 8 nitrogen and oxygen atoms in total. The highest BCUT2D eigenvalue weighted by molar-refractivity contribution is 8.14. The molecule has 0 saturated heterocycles. The largest absolute Gasteiger partial charge is 0.493 e. The summed E-state index contributed by atoms with van der Waals surface area (Å²) in [5.74, 6) is 2.03. The number of amides is 1. The van der Waals surface area contributed by atoms with Gasteiger partial charge < -0.3 is 9.47 Å². The van der Waals surface area contributed by atoms with Crippen LogP contribution in [-0.2, 0) is 11.2 Å². The van der Waals surface area contributed by atoms with E-state index in [1.807, 2.05) is 32.9 Å². The highest BCUT2D eigenvalue weighted by Gasteiger charge is 2.33. The molecular formula is C22H28N4O4S. The van der Waals surface area contributed by atoms with E-state index in [0.717, 1.165) is 12.0 Å². The molecule has 1 aromatic carbocycles. The Balaban J connectivity index is 2.14. The summed E-state index contributed by atoms with van der Waals surface area (Å²) in [5.41, 5.74) is 0.760. The van der Waals surface area contributed by atoms with Gasteiger partial charge in [-0.3, -0.25) is 14.2 Å². The minimum atomic E-state index is -0.155. The number of thioether (sulfide) groups is 1. The molecule has 0 spiro atoms. The summed E-state index contributed by atoms with van der Waals surface area (Å²) < 4.78 is 12.4. The van der Waals surface area contributed by atoms with Crippen molar-refractivity contribution in [2.45, 2.75) is 57.9 Å². The second-order valence-corrected chi connectivity index (χ2v) is 8.00. The van der Waals surface area contributed by atoms with E-state index in [-0.39, 0.29) is 11.8 Å². The predicted octanol–water partition coefficient (Wildman–Crippen LogP) is 4.50. The molecule has 1 aliphatic heterocycles. The zero-order valence-electron chi connectivity index (χ0n) is 18.6.